The largest absolute Gasteiger partial charge is 0.507 e. The number of fused-ring (bicyclic) bond motifs is 1. The van der Waals surface area contributed by atoms with Gasteiger partial charge in [0, 0.05) is 18.7 Å². The van der Waals surface area contributed by atoms with E-state index in [2.05, 4.69) is 0 Å². The fourth-order valence-electron chi connectivity index (χ4n) is 4.05. The van der Waals surface area contributed by atoms with Gasteiger partial charge in [0.1, 0.15) is 24.7 Å². The number of Topliss-reactive ketones (excluding diaryl/α,β-unsaturated/α-hetero) is 1. The molecule has 8 heteroatoms. The van der Waals surface area contributed by atoms with Crippen molar-refractivity contribution in [3.63, 3.8) is 0 Å². The molecule has 33 heavy (non-hydrogen) atoms. The van der Waals surface area contributed by atoms with E-state index in [-0.39, 0.29) is 11.3 Å². The fraction of sp³-hybridized carbons (Fsp3) is 0.360. The summed E-state index contributed by atoms with van der Waals surface area (Å²) < 4.78 is 16.8. The molecule has 2 aromatic carbocycles. The molecule has 0 bridgehead atoms. The van der Waals surface area contributed by atoms with Gasteiger partial charge in [-0.15, -0.1) is 0 Å². The molecule has 0 aromatic heterocycles. The first-order chi connectivity index (χ1) is 15.9. The van der Waals surface area contributed by atoms with E-state index in [1.807, 2.05) is 44.1 Å². The molecule has 1 saturated heterocycles. The average molecular weight is 453 g/mol. The topological polar surface area (TPSA) is 88.5 Å². The summed E-state index contributed by atoms with van der Waals surface area (Å²) >= 11 is 0. The summed E-state index contributed by atoms with van der Waals surface area (Å²) in [6.45, 7) is 4.12. The van der Waals surface area contributed by atoms with E-state index in [1.54, 1.807) is 24.3 Å². The van der Waals surface area contributed by atoms with Gasteiger partial charge < -0.3 is 29.1 Å². The number of aliphatic hydroxyl groups is 1. The molecular formula is C25H28N2O6. The van der Waals surface area contributed by atoms with E-state index in [0.717, 1.165) is 0 Å². The smallest absolute Gasteiger partial charge is 0.295 e. The fourth-order valence-corrected chi connectivity index (χ4v) is 4.05. The number of carbonyl (C=O) groups is 2. The molecule has 2 aliphatic heterocycles. The molecule has 1 amide bonds. The normalized spacial score (nSPS) is 19.3. The van der Waals surface area contributed by atoms with Gasteiger partial charge in [0.25, 0.3) is 11.7 Å². The molecule has 174 valence electrons. The monoisotopic (exact) mass is 452 g/mol. The highest BCUT2D eigenvalue weighted by atomic mass is 16.6. The minimum absolute atomic E-state index is 0.0454. The lowest BCUT2D eigenvalue weighted by Crippen LogP contribution is -2.35. The number of aliphatic hydroxyl groups excluding tert-OH is 1. The Labute approximate surface area is 193 Å². The van der Waals surface area contributed by atoms with Crippen LogP contribution in [0.4, 0.5) is 0 Å². The Morgan fingerprint density at radius 1 is 1.12 bits per heavy atom. The van der Waals surface area contributed by atoms with Crippen LogP contribution in [0.3, 0.4) is 0 Å². The number of rotatable bonds is 7. The molecule has 4 rings (SSSR count). The van der Waals surface area contributed by atoms with Crippen molar-refractivity contribution < 1.29 is 28.9 Å². The zero-order valence-electron chi connectivity index (χ0n) is 19.0. The molecule has 0 unspecified atom stereocenters. The van der Waals surface area contributed by atoms with Crippen LogP contribution >= 0.6 is 0 Å². The number of likely N-dealkylation sites (N-methyl/N-ethyl adjacent to an activating group) is 1. The van der Waals surface area contributed by atoms with Crippen molar-refractivity contribution in [1.82, 2.24) is 9.80 Å². The molecule has 0 aliphatic carbocycles. The Balaban J connectivity index is 1.82. The first-order valence-corrected chi connectivity index (χ1v) is 11.0. The maximum absolute atomic E-state index is 13.1. The Hall–Kier alpha value is -3.52. The van der Waals surface area contributed by atoms with Crippen LogP contribution in [-0.2, 0) is 9.59 Å². The zero-order valence-corrected chi connectivity index (χ0v) is 19.0. The third-order valence-corrected chi connectivity index (χ3v) is 5.63. The van der Waals surface area contributed by atoms with Gasteiger partial charge in [0.15, 0.2) is 11.5 Å². The van der Waals surface area contributed by atoms with Gasteiger partial charge in [-0.3, -0.25) is 9.59 Å². The van der Waals surface area contributed by atoms with Crippen molar-refractivity contribution in [2.24, 2.45) is 0 Å². The second-order valence-corrected chi connectivity index (χ2v) is 8.16. The third-order valence-electron chi connectivity index (χ3n) is 5.63. The van der Waals surface area contributed by atoms with Crippen LogP contribution in [-0.4, -0.2) is 73.6 Å². The van der Waals surface area contributed by atoms with Crippen LogP contribution in [0.1, 0.15) is 24.1 Å². The lowest BCUT2D eigenvalue weighted by atomic mass is 9.95. The summed E-state index contributed by atoms with van der Waals surface area (Å²) in [7, 11) is 3.80. The van der Waals surface area contributed by atoms with Gasteiger partial charge in [0.05, 0.1) is 18.2 Å². The number of ether oxygens (including phenoxy) is 3. The lowest BCUT2D eigenvalue weighted by Gasteiger charge is -2.27. The summed E-state index contributed by atoms with van der Waals surface area (Å²) in [6, 6.07) is 11.5. The summed E-state index contributed by atoms with van der Waals surface area (Å²) in [5, 5.41) is 11.3. The first-order valence-electron chi connectivity index (χ1n) is 11.0. The zero-order chi connectivity index (χ0) is 23.5. The molecule has 1 atom stereocenters. The minimum Gasteiger partial charge on any atom is -0.507 e. The number of carbonyl (C=O) groups excluding carboxylic acids is 2. The van der Waals surface area contributed by atoms with E-state index >= 15 is 0 Å². The van der Waals surface area contributed by atoms with Gasteiger partial charge in [-0.2, -0.15) is 0 Å². The molecule has 0 saturated carbocycles. The van der Waals surface area contributed by atoms with E-state index in [4.69, 9.17) is 14.2 Å². The molecule has 2 aliphatic rings. The maximum Gasteiger partial charge on any atom is 0.295 e. The van der Waals surface area contributed by atoms with Gasteiger partial charge in [-0.05, 0) is 56.9 Å². The van der Waals surface area contributed by atoms with Gasteiger partial charge in [-0.25, -0.2) is 0 Å². The number of benzene rings is 2. The molecule has 8 nitrogen and oxygen atoms in total. The van der Waals surface area contributed by atoms with Crippen LogP contribution in [0.5, 0.6) is 17.2 Å². The van der Waals surface area contributed by atoms with E-state index in [9.17, 15) is 14.7 Å². The Bertz CT molecular complexity index is 1090. The van der Waals surface area contributed by atoms with Gasteiger partial charge >= 0.3 is 0 Å². The maximum atomic E-state index is 13.1. The lowest BCUT2D eigenvalue weighted by molar-refractivity contribution is -0.140. The number of amides is 1. The standard InChI is InChI=1S/C25H28N2O6/c1-4-31-18-7-5-6-16(14-18)22-21(24(29)25(30)27(22)11-10-26(2)3)23(28)17-8-9-19-20(15-17)33-13-12-32-19/h5-9,14-15,22,28H,4,10-13H2,1-3H3/b23-21+/t22-/m0/s1. The highest BCUT2D eigenvalue weighted by Crippen LogP contribution is 2.41. The van der Waals surface area contributed by atoms with Gasteiger partial charge in [0.2, 0.25) is 0 Å². The van der Waals surface area contributed by atoms with Crippen LogP contribution in [0.2, 0.25) is 0 Å². The van der Waals surface area contributed by atoms with Crippen molar-refractivity contribution in [2.75, 3.05) is 47.0 Å². The summed E-state index contributed by atoms with van der Waals surface area (Å²) in [6.07, 6.45) is 0. The number of likely N-dealkylation sites (tertiary alicyclic amines) is 1. The quantitative estimate of drug-likeness (QED) is 0.393. The Morgan fingerprint density at radius 2 is 1.88 bits per heavy atom. The van der Waals surface area contributed by atoms with Crippen molar-refractivity contribution in [3.05, 3.63) is 59.2 Å². The van der Waals surface area contributed by atoms with Crippen molar-refractivity contribution in [3.8, 4) is 17.2 Å². The molecule has 0 spiro atoms. The average Bonchev–Trinajstić information content (AvgIpc) is 3.07. The second kappa shape index (κ2) is 9.54. The Morgan fingerprint density at radius 3 is 2.61 bits per heavy atom. The SMILES string of the molecule is CCOc1cccc([C@H]2/C(=C(\O)c3ccc4c(c3)OCCO4)C(=O)C(=O)N2CCN(C)C)c1. The van der Waals surface area contributed by atoms with Crippen molar-refractivity contribution in [2.45, 2.75) is 13.0 Å². The van der Waals surface area contributed by atoms with E-state index < -0.39 is 17.7 Å². The molecule has 2 heterocycles. The number of nitrogens with zero attached hydrogens (tertiary/aromatic N) is 2. The highest BCUT2D eigenvalue weighted by Gasteiger charge is 2.46. The predicted molar refractivity (Wildman–Crippen MR) is 123 cm³/mol. The van der Waals surface area contributed by atoms with Crippen LogP contribution in [0, 0.1) is 0 Å². The second-order valence-electron chi connectivity index (χ2n) is 8.16. The number of ketones is 1. The van der Waals surface area contributed by atoms with Crippen molar-refractivity contribution in [1.29, 1.82) is 0 Å². The molecule has 1 N–H and O–H groups in total. The first kappa shape index (κ1) is 22.7. The molecule has 2 aromatic rings. The summed E-state index contributed by atoms with van der Waals surface area (Å²) in [5.74, 6) is 0.0972. The third kappa shape index (κ3) is 4.52. The highest BCUT2D eigenvalue weighted by molar-refractivity contribution is 6.46. The number of hydrogen-bond acceptors (Lipinski definition) is 7. The summed E-state index contributed by atoms with van der Waals surface area (Å²) in [4.78, 5) is 29.6. The van der Waals surface area contributed by atoms with Crippen LogP contribution in [0.15, 0.2) is 48.0 Å². The summed E-state index contributed by atoms with van der Waals surface area (Å²) in [5.41, 5.74) is 1.12. The Kier molecular flexibility index (Phi) is 6.55. The van der Waals surface area contributed by atoms with Gasteiger partial charge in [-0.1, -0.05) is 12.1 Å². The molecule has 0 radical (unpaired) electrons. The predicted octanol–water partition coefficient (Wildman–Crippen LogP) is 2.84. The van der Waals surface area contributed by atoms with Crippen LogP contribution < -0.4 is 14.2 Å². The van der Waals surface area contributed by atoms with E-state index in [1.165, 1.54) is 4.90 Å². The van der Waals surface area contributed by atoms with E-state index in [0.29, 0.717) is 61.3 Å². The minimum atomic E-state index is -0.737. The molecular weight excluding hydrogens is 424 g/mol. The van der Waals surface area contributed by atoms with Crippen LogP contribution in [0.25, 0.3) is 5.76 Å². The number of hydrogen-bond donors (Lipinski definition) is 1. The molecule has 1 fully saturated rings. The van der Waals surface area contributed by atoms with Crippen molar-refractivity contribution >= 4 is 17.4 Å².